The van der Waals surface area contributed by atoms with Crippen molar-refractivity contribution < 1.29 is 5.11 Å². The summed E-state index contributed by atoms with van der Waals surface area (Å²) in [5, 5.41) is 14.1. The molecule has 0 bridgehead atoms. The average molecular weight is 246 g/mol. The summed E-state index contributed by atoms with van der Waals surface area (Å²) in [6.07, 6.45) is 1.82. The number of halogens is 2. The second-order valence-corrected chi connectivity index (χ2v) is 4.63. The van der Waals surface area contributed by atoms with Gasteiger partial charge in [-0.2, -0.15) is 0 Å². The topological polar surface area (TPSA) is 32.3 Å². The van der Waals surface area contributed by atoms with Gasteiger partial charge in [0.25, 0.3) is 0 Å². The van der Waals surface area contributed by atoms with Crippen LogP contribution in [0.25, 0.3) is 0 Å². The number of nitrogens with one attached hydrogen (secondary N) is 1. The van der Waals surface area contributed by atoms with Crippen molar-refractivity contribution in [3.63, 3.8) is 0 Å². The van der Waals surface area contributed by atoms with Crippen LogP contribution in [-0.2, 0) is 0 Å². The Morgan fingerprint density at radius 3 is 2.80 bits per heavy atom. The van der Waals surface area contributed by atoms with E-state index < -0.39 is 6.10 Å². The molecule has 0 aromatic heterocycles. The van der Waals surface area contributed by atoms with Crippen LogP contribution >= 0.6 is 23.2 Å². The summed E-state index contributed by atoms with van der Waals surface area (Å²) in [5.74, 6) is 0. The van der Waals surface area contributed by atoms with Crippen molar-refractivity contribution in [2.45, 2.75) is 25.0 Å². The Bertz CT molecular complexity index is 352. The van der Waals surface area contributed by atoms with Crippen molar-refractivity contribution >= 4 is 23.2 Å². The molecule has 0 spiro atoms. The first kappa shape index (κ1) is 11.2. The summed E-state index contributed by atoms with van der Waals surface area (Å²) in [6, 6.07) is 5.89. The maximum absolute atomic E-state index is 9.90. The third-order valence-corrected chi connectivity index (χ3v) is 3.35. The van der Waals surface area contributed by atoms with Crippen molar-refractivity contribution in [3.8, 4) is 0 Å². The van der Waals surface area contributed by atoms with E-state index in [1.807, 2.05) is 0 Å². The van der Waals surface area contributed by atoms with Crippen molar-refractivity contribution in [2.75, 3.05) is 6.54 Å². The summed E-state index contributed by atoms with van der Waals surface area (Å²) < 4.78 is 0. The van der Waals surface area contributed by atoms with Gasteiger partial charge in [-0.1, -0.05) is 35.3 Å². The van der Waals surface area contributed by atoms with E-state index in [4.69, 9.17) is 23.2 Å². The first-order valence-electron chi connectivity index (χ1n) is 5.04. The Hall–Kier alpha value is -0.280. The molecule has 2 nitrogen and oxygen atoms in total. The molecule has 0 amide bonds. The third-order valence-electron chi connectivity index (χ3n) is 2.52. The first-order chi connectivity index (χ1) is 7.18. The van der Waals surface area contributed by atoms with Gasteiger partial charge >= 0.3 is 0 Å². The van der Waals surface area contributed by atoms with Gasteiger partial charge in [0.15, 0.2) is 0 Å². The molecule has 15 heavy (non-hydrogen) atoms. The summed E-state index contributed by atoms with van der Waals surface area (Å²) in [5.41, 5.74) is 0.692. The highest BCUT2D eigenvalue weighted by atomic mass is 35.5. The zero-order valence-corrected chi connectivity index (χ0v) is 9.72. The smallest absolute Gasteiger partial charge is 0.0929 e. The van der Waals surface area contributed by atoms with Gasteiger partial charge in [-0.3, -0.25) is 0 Å². The number of aliphatic hydroxyl groups is 1. The Kier molecular flexibility index (Phi) is 3.52. The van der Waals surface area contributed by atoms with Crippen LogP contribution in [0.5, 0.6) is 0 Å². The molecule has 1 atom stereocenters. The maximum Gasteiger partial charge on any atom is 0.0929 e. The van der Waals surface area contributed by atoms with Gasteiger partial charge in [-0.05, 0) is 18.9 Å². The highest BCUT2D eigenvalue weighted by molar-refractivity contribution is 6.42. The zero-order chi connectivity index (χ0) is 10.8. The van der Waals surface area contributed by atoms with Gasteiger partial charge in [0.2, 0.25) is 0 Å². The molecule has 2 N–H and O–H groups in total. The summed E-state index contributed by atoms with van der Waals surface area (Å²) in [4.78, 5) is 0. The lowest BCUT2D eigenvalue weighted by Crippen LogP contribution is -2.23. The molecule has 0 saturated heterocycles. The number of hydrogen-bond donors (Lipinski definition) is 2. The Labute approximate surface area is 99.2 Å². The van der Waals surface area contributed by atoms with E-state index in [1.165, 1.54) is 12.8 Å². The number of aliphatic hydroxyl groups excluding tert-OH is 1. The van der Waals surface area contributed by atoms with Crippen molar-refractivity contribution in [1.29, 1.82) is 0 Å². The molecule has 0 aliphatic heterocycles. The molecule has 1 aliphatic carbocycles. The molecule has 82 valence electrons. The fourth-order valence-corrected chi connectivity index (χ4v) is 1.89. The minimum Gasteiger partial charge on any atom is -0.387 e. The lowest BCUT2D eigenvalue weighted by molar-refractivity contribution is 0.174. The molecule has 4 heteroatoms. The second-order valence-electron chi connectivity index (χ2n) is 3.84. The van der Waals surface area contributed by atoms with Gasteiger partial charge < -0.3 is 10.4 Å². The normalized spacial score (nSPS) is 17.8. The van der Waals surface area contributed by atoms with E-state index in [9.17, 15) is 5.11 Å². The van der Waals surface area contributed by atoms with Crippen molar-refractivity contribution in [2.24, 2.45) is 0 Å². The van der Waals surface area contributed by atoms with E-state index in [2.05, 4.69) is 5.32 Å². The fourth-order valence-electron chi connectivity index (χ4n) is 1.45. The average Bonchev–Trinajstić information content (AvgIpc) is 3.02. The highest BCUT2D eigenvalue weighted by Gasteiger charge is 2.22. The van der Waals surface area contributed by atoms with Gasteiger partial charge in [0.05, 0.1) is 16.1 Å². The molecule has 1 saturated carbocycles. The SMILES string of the molecule is OC(CNC1CC1)c1cccc(Cl)c1Cl. The lowest BCUT2D eigenvalue weighted by atomic mass is 10.1. The van der Waals surface area contributed by atoms with Crippen LogP contribution in [0.3, 0.4) is 0 Å². The minimum absolute atomic E-state index is 0.448. The standard InChI is InChI=1S/C11H13Cl2NO/c12-9-3-1-2-8(11(9)13)10(15)6-14-7-4-5-7/h1-3,7,10,14-15H,4-6H2. The van der Waals surface area contributed by atoms with E-state index >= 15 is 0 Å². The molecule has 1 aromatic rings. The fraction of sp³-hybridized carbons (Fsp3) is 0.455. The van der Waals surface area contributed by atoms with E-state index in [-0.39, 0.29) is 0 Å². The lowest BCUT2D eigenvalue weighted by Gasteiger charge is -2.13. The molecular weight excluding hydrogens is 233 g/mol. The van der Waals surface area contributed by atoms with Gasteiger partial charge in [-0.25, -0.2) is 0 Å². The van der Waals surface area contributed by atoms with E-state index in [0.717, 1.165) is 0 Å². The van der Waals surface area contributed by atoms with Gasteiger partial charge in [0, 0.05) is 18.2 Å². The van der Waals surface area contributed by atoms with E-state index in [0.29, 0.717) is 28.2 Å². The predicted molar refractivity (Wildman–Crippen MR) is 62.4 cm³/mol. The molecule has 1 unspecified atom stereocenters. The van der Waals surface area contributed by atoms with Gasteiger partial charge in [-0.15, -0.1) is 0 Å². The molecule has 0 radical (unpaired) electrons. The van der Waals surface area contributed by atoms with Crippen molar-refractivity contribution in [1.82, 2.24) is 5.32 Å². The first-order valence-corrected chi connectivity index (χ1v) is 5.79. The van der Waals surface area contributed by atoms with Gasteiger partial charge in [0.1, 0.15) is 0 Å². The van der Waals surface area contributed by atoms with Crippen LogP contribution in [0.1, 0.15) is 24.5 Å². The number of benzene rings is 1. The van der Waals surface area contributed by atoms with E-state index in [1.54, 1.807) is 18.2 Å². The summed E-state index contributed by atoms with van der Waals surface area (Å²) in [7, 11) is 0. The van der Waals surface area contributed by atoms with Crippen molar-refractivity contribution in [3.05, 3.63) is 33.8 Å². The number of rotatable bonds is 4. The van der Waals surface area contributed by atoms with Crippen LogP contribution in [-0.4, -0.2) is 17.7 Å². The maximum atomic E-state index is 9.90. The summed E-state index contributed by atoms with van der Waals surface area (Å²) in [6.45, 7) is 0.532. The van der Waals surface area contributed by atoms with Crippen LogP contribution in [0.2, 0.25) is 10.0 Å². The van der Waals surface area contributed by atoms with Crippen LogP contribution in [0.4, 0.5) is 0 Å². The van der Waals surface area contributed by atoms with Crippen LogP contribution in [0.15, 0.2) is 18.2 Å². The molecule has 1 aromatic carbocycles. The second kappa shape index (κ2) is 4.71. The molecule has 0 heterocycles. The molecule has 1 fully saturated rings. The Balaban J connectivity index is 2.02. The quantitative estimate of drug-likeness (QED) is 0.856. The van der Waals surface area contributed by atoms with Crippen LogP contribution < -0.4 is 5.32 Å². The Morgan fingerprint density at radius 1 is 1.40 bits per heavy atom. The summed E-state index contributed by atoms with van der Waals surface area (Å²) >= 11 is 11.9. The predicted octanol–water partition coefficient (Wildman–Crippen LogP) is 2.78. The van der Waals surface area contributed by atoms with Crippen LogP contribution in [0, 0.1) is 0 Å². The molecule has 2 rings (SSSR count). The largest absolute Gasteiger partial charge is 0.387 e. The zero-order valence-electron chi connectivity index (χ0n) is 8.21. The Morgan fingerprint density at radius 2 is 2.13 bits per heavy atom. The highest BCUT2D eigenvalue weighted by Crippen LogP contribution is 2.30. The molecular formula is C11H13Cl2NO. The third kappa shape index (κ3) is 2.85. The number of hydrogen-bond acceptors (Lipinski definition) is 2. The minimum atomic E-state index is -0.586. The molecule has 1 aliphatic rings. The monoisotopic (exact) mass is 245 g/mol.